The minimum Gasteiger partial charge on any atom is -0.321 e. The van der Waals surface area contributed by atoms with Crippen LogP contribution in [0, 0.1) is 9.39 Å². The number of hydrogen-bond donors (Lipinski definition) is 1. The van der Waals surface area contributed by atoms with Crippen molar-refractivity contribution in [3.63, 3.8) is 0 Å². The predicted molar refractivity (Wildman–Crippen MR) is 90.6 cm³/mol. The number of anilines is 1. The summed E-state index contributed by atoms with van der Waals surface area (Å²) < 4.78 is 15.8. The first-order chi connectivity index (χ1) is 10.6. The molecule has 22 heavy (non-hydrogen) atoms. The third kappa shape index (κ3) is 3.33. The van der Waals surface area contributed by atoms with E-state index in [1.165, 1.54) is 16.8 Å². The average Bonchev–Trinajstić information content (AvgIpc) is 3.00. The van der Waals surface area contributed by atoms with Crippen molar-refractivity contribution < 1.29 is 9.18 Å². The van der Waals surface area contributed by atoms with Gasteiger partial charge in [-0.15, -0.1) is 0 Å². The zero-order valence-electron chi connectivity index (χ0n) is 11.3. The normalized spacial score (nSPS) is 10.5. The molecule has 0 saturated heterocycles. The summed E-state index contributed by atoms with van der Waals surface area (Å²) in [5, 5.41) is 6.94. The van der Waals surface area contributed by atoms with Crippen LogP contribution in [-0.4, -0.2) is 15.7 Å². The van der Waals surface area contributed by atoms with Gasteiger partial charge in [0.05, 0.1) is 5.69 Å². The lowest BCUT2D eigenvalue weighted by Gasteiger charge is -2.03. The molecule has 0 fully saturated rings. The summed E-state index contributed by atoms with van der Waals surface area (Å²) in [6, 6.07) is 15.1. The molecule has 0 atom stereocenters. The Labute approximate surface area is 140 Å². The summed E-state index contributed by atoms with van der Waals surface area (Å²) in [6.45, 7) is 0. The van der Waals surface area contributed by atoms with Crippen LogP contribution in [-0.2, 0) is 0 Å². The number of halogens is 2. The zero-order valence-corrected chi connectivity index (χ0v) is 13.5. The first-order valence-electron chi connectivity index (χ1n) is 6.50. The number of hydrogen-bond acceptors (Lipinski definition) is 2. The van der Waals surface area contributed by atoms with Crippen molar-refractivity contribution in [1.82, 2.24) is 9.78 Å². The fraction of sp³-hybridized carbons (Fsp3) is 0. The van der Waals surface area contributed by atoms with Crippen LogP contribution in [0.3, 0.4) is 0 Å². The van der Waals surface area contributed by atoms with Gasteiger partial charge in [0.25, 0.3) is 5.91 Å². The van der Waals surface area contributed by atoms with Gasteiger partial charge in [-0.3, -0.25) is 4.79 Å². The molecule has 0 bridgehead atoms. The van der Waals surface area contributed by atoms with E-state index in [2.05, 4.69) is 33.0 Å². The zero-order chi connectivity index (χ0) is 15.5. The lowest BCUT2D eigenvalue weighted by atomic mass is 10.3. The van der Waals surface area contributed by atoms with E-state index in [0.717, 1.165) is 3.57 Å². The van der Waals surface area contributed by atoms with E-state index in [0.29, 0.717) is 11.4 Å². The number of carbonyl (C=O) groups excluding carboxylic acids is 1. The van der Waals surface area contributed by atoms with Gasteiger partial charge in [-0.25, -0.2) is 9.07 Å². The van der Waals surface area contributed by atoms with Crippen molar-refractivity contribution in [2.45, 2.75) is 0 Å². The molecule has 0 spiro atoms. The molecule has 1 amide bonds. The molecule has 3 rings (SSSR count). The topological polar surface area (TPSA) is 46.9 Å². The van der Waals surface area contributed by atoms with Crippen LogP contribution in [0.2, 0.25) is 0 Å². The maximum absolute atomic E-state index is 13.2. The summed E-state index contributed by atoms with van der Waals surface area (Å²) in [6.07, 6.45) is 1.62. The first kappa shape index (κ1) is 14.7. The molecule has 4 nitrogen and oxygen atoms in total. The molecule has 6 heteroatoms. The Morgan fingerprint density at radius 2 is 1.91 bits per heavy atom. The number of nitrogens with zero attached hydrogens (tertiary/aromatic N) is 2. The maximum atomic E-state index is 13.2. The molecular weight excluding hydrogens is 396 g/mol. The van der Waals surface area contributed by atoms with Crippen molar-refractivity contribution in [2.75, 3.05) is 5.32 Å². The van der Waals surface area contributed by atoms with E-state index in [1.54, 1.807) is 24.4 Å². The van der Waals surface area contributed by atoms with Crippen LogP contribution >= 0.6 is 22.6 Å². The number of rotatable bonds is 3. The van der Waals surface area contributed by atoms with Gasteiger partial charge < -0.3 is 5.32 Å². The van der Waals surface area contributed by atoms with Crippen LogP contribution in [0.15, 0.2) is 60.8 Å². The Hall–Kier alpha value is -2.22. The Morgan fingerprint density at radius 1 is 1.14 bits per heavy atom. The average molecular weight is 407 g/mol. The summed E-state index contributed by atoms with van der Waals surface area (Å²) in [4.78, 5) is 12.1. The minimum absolute atomic E-state index is 0.266. The molecule has 110 valence electrons. The highest BCUT2D eigenvalue weighted by Gasteiger charge is 2.10. The maximum Gasteiger partial charge on any atom is 0.276 e. The third-order valence-electron chi connectivity index (χ3n) is 3.00. The minimum atomic E-state index is -0.349. The SMILES string of the molecule is O=C(Nc1ccc(I)cc1)c1ccn(-c2cccc(F)c2)n1. The van der Waals surface area contributed by atoms with Crippen LogP contribution in [0.5, 0.6) is 0 Å². The molecule has 1 N–H and O–H groups in total. The number of nitrogens with one attached hydrogen (secondary N) is 1. The smallest absolute Gasteiger partial charge is 0.276 e. The van der Waals surface area contributed by atoms with Crippen LogP contribution in [0.25, 0.3) is 5.69 Å². The summed E-state index contributed by atoms with van der Waals surface area (Å²) in [7, 11) is 0. The molecule has 0 saturated carbocycles. The molecule has 0 aliphatic heterocycles. The van der Waals surface area contributed by atoms with Gasteiger partial charge in [0.1, 0.15) is 5.82 Å². The summed E-state index contributed by atoms with van der Waals surface area (Å²) in [5.74, 6) is -0.658. The van der Waals surface area contributed by atoms with E-state index in [1.807, 2.05) is 24.3 Å². The lowest BCUT2D eigenvalue weighted by molar-refractivity contribution is 0.102. The highest BCUT2D eigenvalue weighted by Crippen LogP contribution is 2.13. The molecule has 1 aromatic heterocycles. The van der Waals surface area contributed by atoms with Crippen molar-refractivity contribution >= 4 is 34.2 Å². The monoisotopic (exact) mass is 407 g/mol. The van der Waals surface area contributed by atoms with Crippen LogP contribution in [0.4, 0.5) is 10.1 Å². The van der Waals surface area contributed by atoms with Crippen molar-refractivity contribution in [2.24, 2.45) is 0 Å². The van der Waals surface area contributed by atoms with Crippen molar-refractivity contribution in [3.05, 3.63) is 75.9 Å². The van der Waals surface area contributed by atoms with Crippen LogP contribution in [0.1, 0.15) is 10.5 Å². The van der Waals surface area contributed by atoms with E-state index in [4.69, 9.17) is 0 Å². The predicted octanol–water partition coefficient (Wildman–Crippen LogP) is 3.87. The molecule has 0 unspecified atom stereocenters. The fourth-order valence-corrected chi connectivity index (χ4v) is 2.30. The van der Waals surface area contributed by atoms with Gasteiger partial charge in [-0.2, -0.15) is 5.10 Å². The second-order valence-corrected chi connectivity index (χ2v) is 5.83. The number of aromatic nitrogens is 2. The number of amides is 1. The highest BCUT2D eigenvalue weighted by atomic mass is 127. The Balaban J connectivity index is 1.78. The van der Waals surface area contributed by atoms with E-state index >= 15 is 0 Å². The van der Waals surface area contributed by atoms with Gasteiger partial charge in [-0.05, 0) is 71.1 Å². The second kappa shape index (κ2) is 6.27. The second-order valence-electron chi connectivity index (χ2n) is 4.59. The van der Waals surface area contributed by atoms with Gasteiger partial charge in [-0.1, -0.05) is 6.07 Å². The summed E-state index contributed by atoms with van der Waals surface area (Å²) in [5.41, 5.74) is 1.53. The number of carbonyl (C=O) groups is 1. The quantitative estimate of drug-likeness (QED) is 0.671. The standard InChI is InChI=1S/C16H11FIN3O/c17-11-2-1-3-14(10-11)21-9-8-15(20-21)16(22)19-13-6-4-12(18)5-7-13/h1-10H,(H,19,22). The molecule has 0 aliphatic rings. The van der Waals surface area contributed by atoms with Gasteiger partial charge in [0, 0.05) is 15.5 Å². The fourth-order valence-electron chi connectivity index (χ4n) is 1.94. The Kier molecular flexibility index (Phi) is 4.19. The van der Waals surface area contributed by atoms with Crippen molar-refractivity contribution in [1.29, 1.82) is 0 Å². The number of benzene rings is 2. The van der Waals surface area contributed by atoms with Gasteiger partial charge in [0.15, 0.2) is 5.69 Å². The highest BCUT2D eigenvalue weighted by molar-refractivity contribution is 14.1. The van der Waals surface area contributed by atoms with E-state index in [9.17, 15) is 9.18 Å². The van der Waals surface area contributed by atoms with Gasteiger partial charge in [0.2, 0.25) is 0 Å². The molecule has 2 aromatic carbocycles. The van der Waals surface area contributed by atoms with Crippen molar-refractivity contribution in [3.8, 4) is 5.69 Å². The first-order valence-corrected chi connectivity index (χ1v) is 7.58. The largest absolute Gasteiger partial charge is 0.321 e. The molecule has 1 heterocycles. The van der Waals surface area contributed by atoms with E-state index in [-0.39, 0.29) is 17.4 Å². The van der Waals surface area contributed by atoms with Crippen LogP contribution < -0.4 is 5.32 Å². The Bertz CT molecular complexity index is 814. The lowest BCUT2D eigenvalue weighted by Crippen LogP contribution is -2.13. The molecule has 0 radical (unpaired) electrons. The van der Waals surface area contributed by atoms with E-state index < -0.39 is 0 Å². The molecular formula is C16H11FIN3O. The third-order valence-corrected chi connectivity index (χ3v) is 3.72. The Morgan fingerprint density at radius 3 is 2.64 bits per heavy atom. The summed E-state index contributed by atoms with van der Waals surface area (Å²) >= 11 is 2.20. The van der Waals surface area contributed by atoms with Gasteiger partial charge >= 0.3 is 0 Å². The molecule has 0 aliphatic carbocycles. The molecule has 3 aromatic rings.